The number of carbonyl (C=O) groups is 3. The molecule has 41 heavy (non-hydrogen) atoms. The van der Waals surface area contributed by atoms with E-state index in [-0.39, 0.29) is 24.7 Å². The third-order valence-electron chi connectivity index (χ3n) is 7.40. The van der Waals surface area contributed by atoms with Crippen LogP contribution in [0.1, 0.15) is 40.2 Å². The minimum Gasteiger partial charge on any atom is -0.480 e. The number of fused-ring (bicyclic) bond motifs is 1. The molecule has 2 aliphatic heterocycles. The molecule has 214 valence electrons. The lowest BCUT2D eigenvalue weighted by atomic mass is 9.96. The first kappa shape index (κ1) is 28.6. The summed E-state index contributed by atoms with van der Waals surface area (Å²) in [4.78, 5) is 45.6. The van der Waals surface area contributed by atoms with Gasteiger partial charge in [0.05, 0.1) is 17.9 Å². The summed E-state index contributed by atoms with van der Waals surface area (Å²) in [5.74, 6) is -5.25. The molecule has 2 N–H and O–H groups in total. The van der Waals surface area contributed by atoms with Crippen molar-refractivity contribution in [2.24, 2.45) is 0 Å². The van der Waals surface area contributed by atoms with E-state index in [4.69, 9.17) is 5.11 Å². The zero-order chi connectivity index (χ0) is 29.1. The van der Waals surface area contributed by atoms with E-state index in [1.54, 1.807) is 25.1 Å². The number of aromatic nitrogens is 1. The van der Waals surface area contributed by atoms with Gasteiger partial charge < -0.3 is 20.2 Å². The molecule has 2 aliphatic rings. The number of aryl methyl sites for hydroxylation is 1. The van der Waals surface area contributed by atoms with E-state index in [1.165, 1.54) is 27.2 Å². The number of carboxylic acid groups (broad SMARTS) is 1. The zero-order valence-corrected chi connectivity index (χ0v) is 23.3. The van der Waals surface area contributed by atoms with Crippen molar-refractivity contribution in [3.63, 3.8) is 0 Å². The highest BCUT2D eigenvalue weighted by Crippen LogP contribution is 2.44. The highest BCUT2D eigenvalue weighted by molar-refractivity contribution is 7.17. The van der Waals surface area contributed by atoms with Crippen molar-refractivity contribution in [3.05, 3.63) is 76.8 Å². The predicted molar refractivity (Wildman–Crippen MR) is 153 cm³/mol. The van der Waals surface area contributed by atoms with Crippen LogP contribution in [0.25, 0.3) is 16.1 Å². The first-order valence-electron chi connectivity index (χ1n) is 13.4. The van der Waals surface area contributed by atoms with Crippen molar-refractivity contribution in [2.45, 2.75) is 38.2 Å². The molecule has 1 fully saturated rings. The normalized spacial score (nSPS) is 18.2. The largest absolute Gasteiger partial charge is 0.480 e. The van der Waals surface area contributed by atoms with Gasteiger partial charge in [-0.05, 0) is 25.8 Å². The SMILES string of the molecule is Cc1nc(-c2ccccc2)sc1C(=O)N1CCC(F)(F)/C(=C\C(=O)N2CCC(NCC(=O)O)CC2)c2ccccc21. The van der Waals surface area contributed by atoms with Crippen LogP contribution in [0.15, 0.2) is 60.7 Å². The third kappa shape index (κ3) is 6.20. The standard InChI is InChI=1S/C30H30F2N4O4S/c1-19-27(41-28(34-19)20-7-3-2-4-8-20)29(40)36-16-13-30(31,32)23(22-9-5-6-10-24(22)36)17-25(37)35-14-11-21(12-15-35)33-18-26(38)39/h2-10,17,21,33H,11-16,18H2,1H3,(H,38,39)/b23-17-. The zero-order valence-electron chi connectivity index (χ0n) is 22.5. The number of likely N-dealkylation sites (tertiary alicyclic amines) is 1. The fourth-order valence-corrected chi connectivity index (χ4v) is 6.23. The maximum atomic E-state index is 15.7. The fourth-order valence-electron chi connectivity index (χ4n) is 5.21. The molecule has 0 radical (unpaired) electrons. The van der Waals surface area contributed by atoms with Crippen molar-refractivity contribution >= 4 is 40.4 Å². The van der Waals surface area contributed by atoms with Crippen LogP contribution in [-0.4, -0.2) is 70.9 Å². The highest BCUT2D eigenvalue weighted by Gasteiger charge is 2.42. The van der Waals surface area contributed by atoms with E-state index >= 15 is 8.78 Å². The number of nitrogens with one attached hydrogen (secondary N) is 1. The molecule has 0 bridgehead atoms. The second-order valence-corrected chi connectivity index (χ2v) is 11.2. The van der Waals surface area contributed by atoms with Crippen LogP contribution >= 0.6 is 11.3 Å². The van der Waals surface area contributed by atoms with Crippen molar-refractivity contribution in [1.29, 1.82) is 0 Å². The summed E-state index contributed by atoms with van der Waals surface area (Å²) in [5.41, 5.74) is 1.44. The molecule has 1 aromatic heterocycles. The quantitative estimate of drug-likeness (QED) is 0.404. The number of piperidine rings is 1. The summed E-state index contributed by atoms with van der Waals surface area (Å²) in [6.45, 7) is 1.99. The number of nitrogens with zero attached hydrogens (tertiary/aromatic N) is 3. The average molecular weight is 581 g/mol. The molecule has 0 saturated carbocycles. The molecular formula is C30H30F2N4O4S. The van der Waals surface area contributed by atoms with E-state index in [1.807, 2.05) is 30.3 Å². The van der Waals surface area contributed by atoms with Crippen LogP contribution in [0, 0.1) is 6.92 Å². The van der Waals surface area contributed by atoms with Gasteiger partial charge in [0.25, 0.3) is 11.8 Å². The number of allylic oxidation sites excluding steroid dienone is 1. The van der Waals surface area contributed by atoms with Gasteiger partial charge in [0, 0.05) is 54.9 Å². The Hall–Kier alpha value is -3.96. The fraction of sp³-hybridized carbons (Fsp3) is 0.333. The topological polar surface area (TPSA) is 103 Å². The number of para-hydroxylation sites is 1. The summed E-state index contributed by atoms with van der Waals surface area (Å²) in [5, 5.41) is 12.5. The van der Waals surface area contributed by atoms with E-state index in [9.17, 15) is 14.4 Å². The van der Waals surface area contributed by atoms with Gasteiger partial charge in [-0.2, -0.15) is 0 Å². The summed E-state index contributed by atoms with van der Waals surface area (Å²) in [6, 6.07) is 15.9. The monoisotopic (exact) mass is 580 g/mol. The summed E-state index contributed by atoms with van der Waals surface area (Å²) < 4.78 is 31.3. The first-order valence-corrected chi connectivity index (χ1v) is 14.2. The van der Waals surface area contributed by atoms with Crippen LogP contribution in [0.4, 0.5) is 14.5 Å². The third-order valence-corrected chi connectivity index (χ3v) is 8.60. The minimum atomic E-state index is -3.35. The van der Waals surface area contributed by atoms with Gasteiger partial charge in [-0.3, -0.25) is 14.4 Å². The lowest BCUT2D eigenvalue weighted by Crippen LogP contribution is -2.45. The number of hydrogen-bond acceptors (Lipinski definition) is 6. The molecular weight excluding hydrogens is 550 g/mol. The molecule has 0 aliphatic carbocycles. The number of amides is 2. The molecule has 3 heterocycles. The number of aliphatic carboxylic acids is 1. The van der Waals surface area contributed by atoms with E-state index in [0.717, 1.165) is 11.6 Å². The van der Waals surface area contributed by atoms with Gasteiger partial charge in [-0.15, -0.1) is 11.3 Å². The lowest BCUT2D eigenvalue weighted by Gasteiger charge is -2.32. The smallest absolute Gasteiger partial charge is 0.317 e. The van der Waals surface area contributed by atoms with E-state index < -0.39 is 35.7 Å². The number of halogens is 2. The van der Waals surface area contributed by atoms with Crippen molar-refractivity contribution in [2.75, 3.05) is 31.1 Å². The van der Waals surface area contributed by atoms with Crippen molar-refractivity contribution in [3.8, 4) is 10.6 Å². The Morgan fingerprint density at radius 1 is 1.07 bits per heavy atom. The molecule has 3 aromatic rings. The number of carboxylic acids is 1. The average Bonchev–Trinajstić information content (AvgIpc) is 3.32. The second-order valence-electron chi connectivity index (χ2n) is 10.2. The summed E-state index contributed by atoms with van der Waals surface area (Å²) >= 11 is 1.23. The molecule has 0 atom stereocenters. The van der Waals surface area contributed by atoms with Gasteiger partial charge in [-0.25, -0.2) is 13.8 Å². The molecule has 8 nitrogen and oxygen atoms in total. The van der Waals surface area contributed by atoms with Gasteiger partial charge in [-0.1, -0.05) is 48.5 Å². The second kappa shape index (κ2) is 11.9. The molecule has 1 saturated heterocycles. The number of hydrogen-bond donors (Lipinski definition) is 2. The number of benzene rings is 2. The van der Waals surface area contributed by atoms with Crippen LogP contribution in [-0.2, 0) is 9.59 Å². The molecule has 0 unspecified atom stereocenters. The molecule has 11 heteroatoms. The lowest BCUT2D eigenvalue weighted by molar-refractivity contribution is -0.136. The van der Waals surface area contributed by atoms with Crippen molar-refractivity contribution in [1.82, 2.24) is 15.2 Å². The maximum absolute atomic E-state index is 15.7. The Morgan fingerprint density at radius 2 is 1.76 bits per heavy atom. The van der Waals surface area contributed by atoms with Gasteiger partial charge in [0.1, 0.15) is 9.88 Å². The Balaban J connectivity index is 1.41. The Kier molecular flexibility index (Phi) is 8.27. The molecule has 2 aromatic carbocycles. The summed E-state index contributed by atoms with van der Waals surface area (Å²) in [7, 11) is 0. The van der Waals surface area contributed by atoms with Crippen LogP contribution in [0.3, 0.4) is 0 Å². The highest BCUT2D eigenvalue weighted by atomic mass is 32.1. The van der Waals surface area contributed by atoms with Gasteiger partial charge >= 0.3 is 5.97 Å². The number of rotatable bonds is 6. The van der Waals surface area contributed by atoms with E-state index in [2.05, 4.69) is 10.3 Å². The summed E-state index contributed by atoms with van der Waals surface area (Å²) in [6.07, 6.45) is 1.41. The number of anilines is 1. The van der Waals surface area contributed by atoms with Crippen LogP contribution in [0.2, 0.25) is 0 Å². The first-order chi connectivity index (χ1) is 19.6. The Bertz CT molecular complexity index is 1480. The predicted octanol–water partition coefficient (Wildman–Crippen LogP) is 4.85. The van der Waals surface area contributed by atoms with Gasteiger partial charge in [0.15, 0.2) is 0 Å². The molecule has 5 rings (SSSR count). The number of carbonyl (C=O) groups excluding carboxylic acids is 2. The minimum absolute atomic E-state index is 0.0555. The van der Waals surface area contributed by atoms with Crippen molar-refractivity contribution < 1.29 is 28.3 Å². The van der Waals surface area contributed by atoms with E-state index in [0.29, 0.717) is 47.2 Å². The Labute approximate surface area is 240 Å². The van der Waals surface area contributed by atoms with Crippen LogP contribution < -0.4 is 10.2 Å². The number of alkyl halides is 2. The number of thiazole rings is 1. The van der Waals surface area contributed by atoms with Crippen LogP contribution in [0.5, 0.6) is 0 Å². The van der Waals surface area contributed by atoms with Gasteiger partial charge in [0.2, 0.25) is 5.91 Å². The molecule has 0 spiro atoms. The Morgan fingerprint density at radius 3 is 2.46 bits per heavy atom. The molecule has 2 amide bonds. The maximum Gasteiger partial charge on any atom is 0.317 e.